The lowest BCUT2D eigenvalue weighted by Gasteiger charge is -2.04. The Kier molecular flexibility index (Phi) is 3.27. The third-order valence-corrected chi connectivity index (χ3v) is 2.39. The van der Waals surface area contributed by atoms with Crippen LogP contribution in [0.25, 0.3) is 0 Å². The Labute approximate surface area is 93.4 Å². The molecule has 0 aliphatic carbocycles. The molecule has 16 heavy (non-hydrogen) atoms. The van der Waals surface area contributed by atoms with Gasteiger partial charge in [-0.15, -0.1) is 0 Å². The van der Waals surface area contributed by atoms with Crippen molar-refractivity contribution in [3.05, 3.63) is 65.2 Å². The van der Waals surface area contributed by atoms with Gasteiger partial charge in [-0.1, -0.05) is 24.3 Å². The van der Waals surface area contributed by atoms with Gasteiger partial charge in [0.1, 0.15) is 5.82 Å². The molecule has 0 saturated heterocycles. The molecule has 1 aromatic carbocycles. The van der Waals surface area contributed by atoms with E-state index in [2.05, 4.69) is 4.98 Å². The summed E-state index contributed by atoms with van der Waals surface area (Å²) >= 11 is 0. The average molecular weight is 217 g/mol. The standard InChI is InChI=1S/C13H12FNO/c14-13-4-2-1-3-12(13)6-10-5-11(9-16)8-15-7-10/h1-5,7-8,16H,6,9H2. The van der Waals surface area contributed by atoms with E-state index in [0.29, 0.717) is 12.0 Å². The van der Waals surface area contributed by atoms with Gasteiger partial charge in [-0.3, -0.25) is 4.98 Å². The zero-order valence-corrected chi connectivity index (χ0v) is 8.73. The number of aliphatic hydroxyl groups is 1. The minimum Gasteiger partial charge on any atom is -0.392 e. The molecule has 0 unspecified atom stereocenters. The van der Waals surface area contributed by atoms with Gasteiger partial charge < -0.3 is 5.11 Å². The molecule has 0 saturated carbocycles. The van der Waals surface area contributed by atoms with Crippen LogP contribution in [0.1, 0.15) is 16.7 Å². The maximum Gasteiger partial charge on any atom is 0.126 e. The van der Waals surface area contributed by atoms with Crippen LogP contribution in [-0.4, -0.2) is 10.1 Å². The smallest absolute Gasteiger partial charge is 0.126 e. The normalized spacial score (nSPS) is 10.4. The fourth-order valence-electron chi connectivity index (χ4n) is 1.59. The van der Waals surface area contributed by atoms with Crippen molar-refractivity contribution in [3.8, 4) is 0 Å². The van der Waals surface area contributed by atoms with Crippen LogP contribution >= 0.6 is 0 Å². The van der Waals surface area contributed by atoms with Crippen molar-refractivity contribution in [2.45, 2.75) is 13.0 Å². The fourth-order valence-corrected chi connectivity index (χ4v) is 1.59. The van der Waals surface area contributed by atoms with Crippen molar-refractivity contribution in [2.24, 2.45) is 0 Å². The number of hydrogen-bond acceptors (Lipinski definition) is 2. The highest BCUT2D eigenvalue weighted by atomic mass is 19.1. The second-order valence-electron chi connectivity index (χ2n) is 3.63. The number of pyridine rings is 1. The van der Waals surface area contributed by atoms with Crippen molar-refractivity contribution in [1.29, 1.82) is 0 Å². The molecule has 3 heteroatoms. The van der Waals surface area contributed by atoms with Crippen LogP contribution in [0.5, 0.6) is 0 Å². The Morgan fingerprint density at radius 1 is 1.12 bits per heavy atom. The summed E-state index contributed by atoms with van der Waals surface area (Å²) in [5.41, 5.74) is 2.28. The van der Waals surface area contributed by atoms with Crippen molar-refractivity contribution in [1.82, 2.24) is 4.98 Å². The summed E-state index contributed by atoms with van der Waals surface area (Å²) in [6.07, 6.45) is 3.78. The zero-order chi connectivity index (χ0) is 11.4. The predicted octanol–water partition coefficient (Wildman–Crippen LogP) is 2.30. The lowest BCUT2D eigenvalue weighted by molar-refractivity contribution is 0.281. The van der Waals surface area contributed by atoms with Crippen LogP contribution < -0.4 is 0 Å². The molecule has 0 bridgehead atoms. The predicted molar refractivity (Wildman–Crippen MR) is 59.4 cm³/mol. The number of benzene rings is 1. The Bertz CT molecular complexity index is 485. The lowest BCUT2D eigenvalue weighted by Crippen LogP contribution is -1.95. The van der Waals surface area contributed by atoms with Gasteiger partial charge in [-0.25, -0.2) is 4.39 Å². The molecule has 0 radical (unpaired) electrons. The summed E-state index contributed by atoms with van der Waals surface area (Å²) in [4.78, 5) is 4.00. The SMILES string of the molecule is OCc1cncc(Cc2ccccc2F)c1. The second kappa shape index (κ2) is 4.86. The first kappa shape index (κ1) is 10.8. The van der Waals surface area contributed by atoms with Crippen molar-refractivity contribution in [3.63, 3.8) is 0 Å². The van der Waals surface area contributed by atoms with Crippen molar-refractivity contribution in [2.75, 3.05) is 0 Å². The van der Waals surface area contributed by atoms with Crippen molar-refractivity contribution < 1.29 is 9.50 Å². The minimum absolute atomic E-state index is 0.0435. The third kappa shape index (κ3) is 2.44. The van der Waals surface area contributed by atoms with E-state index in [9.17, 15) is 4.39 Å². The number of aromatic nitrogens is 1. The molecule has 0 aliphatic heterocycles. The molecule has 2 aromatic rings. The monoisotopic (exact) mass is 217 g/mol. The molecule has 2 nitrogen and oxygen atoms in total. The quantitative estimate of drug-likeness (QED) is 0.855. The fraction of sp³-hybridized carbons (Fsp3) is 0.154. The Morgan fingerprint density at radius 3 is 2.62 bits per heavy atom. The maximum atomic E-state index is 13.4. The van der Waals surface area contributed by atoms with E-state index in [0.717, 1.165) is 11.1 Å². The van der Waals surface area contributed by atoms with E-state index in [1.807, 2.05) is 12.1 Å². The van der Waals surface area contributed by atoms with Gasteiger partial charge in [0.25, 0.3) is 0 Å². The van der Waals surface area contributed by atoms with Gasteiger partial charge in [0.15, 0.2) is 0 Å². The first-order valence-corrected chi connectivity index (χ1v) is 5.06. The van der Waals surface area contributed by atoms with E-state index < -0.39 is 0 Å². The summed E-state index contributed by atoms with van der Waals surface area (Å²) < 4.78 is 13.4. The zero-order valence-electron chi connectivity index (χ0n) is 8.73. The number of hydrogen-bond donors (Lipinski definition) is 1. The first-order chi connectivity index (χ1) is 7.79. The molecule has 1 N–H and O–H groups in total. The molecule has 0 spiro atoms. The molecule has 2 rings (SSSR count). The molecule has 0 amide bonds. The van der Waals surface area contributed by atoms with Gasteiger partial charge >= 0.3 is 0 Å². The third-order valence-electron chi connectivity index (χ3n) is 2.39. The average Bonchev–Trinajstić information content (AvgIpc) is 2.32. The van der Waals surface area contributed by atoms with Gasteiger partial charge in [0.2, 0.25) is 0 Å². The highest BCUT2D eigenvalue weighted by Gasteiger charge is 2.03. The van der Waals surface area contributed by atoms with E-state index in [1.54, 1.807) is 24.5 Å². The summed E-state index contributed by atoms with van der Waals surface area (Å²) in [7, 11) is 0. The summed E-state index contributed by atoms with van der Waals surface area (Å²) in [6.45, 7) is -0.0435. The molecular formula is C13H12FNO. The Hall–Kier alpha value is -1.74. The molecule has 1 aromatic heterocycles. The molecule has 0 atom stereocenters. The lowest BCUT2D eigenvalue weighted by atomic mass is 10.1. The van der Waals surface area contributed by atoms with Gasteiger partial charge in [-0.05, 0) is 22.8 Å². The minimum atomic E-state index is -0.211. The second-order valence-corrected chi connectivity index (χ2v) is 3.63. The molecule has 0 aliphatic rings. The van der Waals surface area contributed by atoms with E-state index in [4.69, 9.17) is 5.11 Å². The van der Waals surface area contributed by atoms with Gasteiger partial charge in [-0.2, -0.15) is 0 Å². The summed E-state index contributed by atoms with van der Waals surface area (Å²) in [6, 6.07) is 8.50. The van der Waals surface area contributed by atoms with Gasteiger partial charge in [0.05, 0.1) is 6.61 Å². The van der Waals surface area contributed by atoms with Crippen LogP contribution in [0, 0.1) is 5.82 Å². The number of rotatable bonds is 3. The van der Waals surface area contributed by atoms with E-state index in [-0.39, 0.29) is 12.4 Å². The largest absolute Gasteiger partial charge is 0.392 e. The Balaban J connectivity index is 2.24. The van der Waals surface area contributed by atoms with Crippen LogP contribution in [-0.2, 0) is 13.0 Å². The molecular weight excluding hydrogens is 205 g/mol. The van der Waals surface area contributed by atoms with Crippen molar-refractivity contribution >= 4 is 0 Å². The highest BCUT2D eigenvalue weighted by molar-refractivity contribution is 5.27. The summed E-state index contributed by atoms with van der Waals surface area (Å²) in [5.74, 6) is -0.211. The number of halogens is 1. The number of aliphatic hydroxyl groups excluding tert-OH is 1. The van der Waals surface area contributed by atoms with E-state index >= 15 is 0 Å². The van der Waals surface area contributed by atoms with Crippen LogP contribution in [0.3, 0.4) is 0 Å². The first-order valence-electron chi connectivity index (χ1n) is 5.06. The van der Waals surface area contributed by atoms with Crippen LogP contribution in [0.2, 0.25) is 0 Å². The molecule has 1 heterocycles. The van der Waals surface area contributed by atoms with Crippen LogP contribution in [0.4, 0.5) is 4.39 Å². The molecule has 0 fully saturated rings. The number of nitrogens with zero attached hydrogens (tertiary/aromatic N) is 1. The topological polar surface area (TPSA) is 33.1 Å². The van der Waals surface area contributed by atoms with Gasteiger partial charge in [0, 0.05) is 18.8 Å². The summed E-state index contributed by atoms with van der Waals surface area (Å²) in [5, 5.41) is 8.97. The highest BCUT2D eigenvalue weighted by Crippen LogP contribution is 2.13. The van der Waals surface area contributed by atoms with Crippen LogP contribution in [0.15, 0.2) is 42.7 Å². The van der Waals surface area contributed by atoms with E-state index in [1.165, 1.54) is 6.07 Å². The molecule has 82 valence electrons. The maximum absolute atomic E-state index is 13.4. The Morgan fingerprint density at radius 2 is 1.88 bits per heavy atom.